The van der Waals surface area contributed by atoms with Gasteiger partial charge in [0.2, 0.25) is 0 Å². The fourth-order valence-corrected chi connectivity index (χ4v) is 3.30. The molecule has 0 N–H and O–H groups in total. The minimum atomic E-state index is 0.997. The van der Waals surface area contributed by atoms with Gasteiger partial charge in [-0.2, -0.15) is 14.7 Å². The van der Waals surface area contributed by atoms with Crippen LogP contribution in [0.5, 0.6) is 0 Å². The van der Waals surface area contributed by atoms with Crippen molar-refractivity contribution in [2.45, 2.75) is 52.4 Å². The molecule has 3 aromatic rings. The van der Waals surface area contributed by atoms with E-state index in [2.05, 4.69) is 41.0 Å². The molecule has 6 heteroatoms. The molecule has 140 valence electrons. The summed E-state index contributed by atoms with van der Waals surface area (Å²) in [4.78, 5) is 7.09. The van der Waals surface area contributed by atoms with E-state index in [0.29, 0.717) is 0 Å². The summed E-state index contributed by atoms with van der Waals surface area (Å²) in [7, 11) is 1.89. The zero-order valence-electron chi connectivity index (χ0n) is 16.2. The Morgan fingerprint density at radius 2 is 1.92 bits per heavy atom. The Morgan fingerprint density at radius 1 is 1.12 bits per heavy atom. The Balaban J connectivity index is 0.000000278. The Kier molecular flexibility index (Phi) is 6.26. The number of aryl methyl sites for hydroxylation is 3. The molecule has 0 spiro atoms. The molecule has 0 radical (unpaired) electrons. The predicted octanol–water partition coefficient (Wildman–Crippen LogP) is 3.79. The van der Waals surface area contributed by atoms with Crippen molar-refractivity contribution < 1.29 is 0 Å². The fraction of sp³-hybridized carbons (Fsp3) is 0.550. The van der Waals surface area contributed by atoms with Gasteiger partial charge in [-0.05, 0) is 45.1 Å². The molecule has 0 aliphatic carbocycles. The highest BCUT2D eigenvalue weighted by Crippen LogP contribution is 2.22. The molecule has 0 amide bonds. The van der Waals surface area contributed by atoms with Crippen molar-refractivity contribution in [1.29, 1.82) is 0 Å². The highest BCUT2D eigenvalue weighted by molar-refractivity contribution is 5.52. The zero-order valence-corrected chi connectivity index (χ0v) is 16.2. The van der Waals surface area contributed by atoms with E-state index in [1.165, 1.54) is 43.6 Å². The summed E-state index contributed by atoms with van der Waals surface area (Å²) in [5.74, 6) is 1.22. The van der Waals surface area contributed by atoms with Crippen LogP contribution in [-0.4, -0.2) is 37.5 Å². The van der Waals surface area contributed by atoms with Gasteiger partial charge in [0.15, 0.2) is 5.65 Å². The molecule has 1 aliphatic rings. The minimum absolute atomic E-state index is 0.997. The van der Waals surface area contributed by atoms with Gasteiger partial charge in [0.25, 0.3) is 0 Å². The number of anilines is 1. The lowest BCUT2D eigenvalue weighted by atomic mass is 10.1. The SMILES string of the molecule is CCCCc1cc2nc(C)cc(N3CCCCC3)n2n1.Cn1cccn1. The third kappa shape index (κ3) is 4.62. The van der Waals surface area contributed by atoms with Crippen LogP contribution in [0.2, 0.25) is 0 Å². The molecule has 0 unspecified atom stereocenters. The van der Waals surface area contributed by atoms with Crippen LogP contribution < -0.4 is 4.90 Å². The number of hydrogen-bond donors (Lipinski definition) is 0. The van der Waals surface area contributed by atoms with Gasteiger partial charge in [0, 0.05) is 50.4 Å². The smallest absolute Gasteiger partial charge is 0.157 e. The van der Waals surface area contributed by atoms with Crippen LogP contribution in [0.25, 0.3) is 5.65 Å². The van der Waals surface area contributed by atoms with Crippen molar-refractivity contribution in [2.75, 3.05) is 18.0 Å². The zero-order chi connectivity index (χ0) is 18.4. The second-order valence-electron chi connectivity index (χ2n) is 6.99. The van der Waals surface area contributed by atoms with Crippen LogP contribution in [0.3, 0.4) is 0 Å². The summed E-state index contributed by atoms with van der Waals surface area (Å²) in [5, 5.41) is 8.61. The lowest BCUT2D eigenvalue weighted by Crippen LogP contribution is -2.31. The molecular formula is C20H30N6. The van der Waals surface area contributed by atoms with Crippen LogP contribution in [0.1, 0.15) is 50.4 Å². The van der Waals surface area contributed by atoms with E-state index in [0.717, 1.165) is 30.9 Å². The fourth-order valence-electron chi connectivity index (χ4n) is 3.30. The van der Waals surface area contributed by atoms with Gasteiger partial charge in [0.05, 0.1) is 5.69 Å². The summed E-state index contributed by atoms with van der Waals surface area (Å²) < 4.78 is 3.79. The first-order valence-corrected chi connectivity index (χ1v) is 9.72. The molecule has 0 aromatic carbocycles. The Labute approximate surface area is 155 Å². The van der Waals surface area contributed by atoms with Crippen molar-refractivity contribution in [3.05, 3.63) is 42.0 Å². The lowest BCUT2D eigenvalue weighted by molar-refractivity contribution is 0.567. The monoisotopic (exact) mass is 354 g/mol. The summed E-state index contributed by atoms with van der Waals surface area (Å²) in [6, 6.07) is 6.21. The summed E-state index contributed by atoms with van der Waals surface area (Å²) >= 11 is 0. The maximum atomic E-state index is 4.78. The largest absolute Gasteiger partial charge is 0.356 e. The topological polar surface area (TPSA) is 51.3 Å². The summed E-state index contributed by atoms with van der Waals surface area (Å²) in [6.45, 7) is 6.58. The van der Waals surface area contributed by atoms with Gasteiger partial charge in [-0.1, -0.05) is 13.3 Å². The third-order valence-corrected chi connectivity index (χ3v) is 4.69. The van der Waals surface area contributed by atoms with Crippen molar-refractivity contribution >= 4 is 11.5 Å². The van der Waals surface area contributed by atoms with Crippen LogP contribution in [-0.2, 0) is 13.5 Å². The second-order valence-corrected chi connectivity index (χ2v) is 6.99. The molecular weight excluding hydrogens is 324 g/mol. The normalized spacial score (nSPS) is 14.3. The maximum Gasteiger partial charge on any atom is 0.157 e. The predicted molar refractivity (Wildman–Crippen MR) is 106 cm³/mol. The van der Waals surface area contributed by atoms with Gasteiger partial charge in [-0.3, -0.25) is 4.68 Å². The standard InChI is InChI=1S/C16H24N4.C4H6N2/c1-3-4-8-14-12-15-17-13(2)11-16(20(15)18-14)19-9-6-5-7-10-19;1-6-4-2-3-5-6/h11-12H,3-10H2,1-2H3;2-4H,1H3. The lowest BCUT2D eigenvalue weighted by Gasteiger charge is -2.28. The number of fused-ring (bicyclic) bond motifs is 1. The van der Waals surface area contributed by atoms with Crippen molar-refractivity contribution in [2.24, 2.45) is 7.05 Å². The molecule has 1 aliphatic heterocycles. The molecule has 3 aromatic heterocycles. The molecule has 26 heavy (non-hydrogen) atoms. The third-order valence-electron chi connectivity index (χ3n) is 4.69. The summed E-state index contributed by atoms with van der Waals surface area (Å²) in [6.07, 6.45) is 11.0. The number of unbranched alkanes of at least 4 members (excludes halogenated alkanes) is 1. The number of rotatable bonds is 4. The number of piperidine rings is 1. The van der Waals surface area contributed by atoms with E-state index in [-0.39, 0.29) is 0 Å². The van der Waals surface area contributed by atoms with Crippen molar-refractivity contribution in [3.63, 3.8) is 0 Å². The molecule has 0 saturated carbocycles. The Hall–Kier alpha value is -2.37. The molecule has 4 heterocycles. The van der Waals surface area contributed by atoms with Crippen LogP contribution in [0.15, 0.2) is 30.6 Å². The second kappa shape index (κ2) is 8.83. The quantitative estimate of drug-likeness (QED) is 0.715. The number of aromatic nitrogens is 5. The van der Waals surface area contributed by atoms with E-state index in [9.17, 15) is 0 Å². The average Bonchev–Trinajstić information content (AvgIpc) is 3.29. The minimum Gasteiger partial charge on any atom is -0.356 e. The van der Waals surface area contributed by atoms with E-state index in [1.54, 1.807) is 10.9 Å². The van der Waals surface area contributed by atoms with Gasteiger partial charge < -0.3 is 4.90 Å². The molecule has 0 atom stereocenters. The molecule has 1 fully saturated rings. The first-order chi connectivity index (χ1) is 12.7. The highest BCUT2D eigenvalue weighted by Gasteiger charge is 2.16. The number of nitrogens with zero attached hydrogens (tertiary/aromatic N) is 6. The van der Waals surface area contributed by atoms with E-state index >= 15 is 0 Å². The number of hydrogen-bond acceptors (Lipinski definition) is 4. The van der Waals surface area contributed by atoms with Crippen molar-refractivity contribution in [1.82, 2.24) is 24.4 Å². The van der Waals surface area contributed by atoms with E-state index < -0.39 is 0 Å². The van der Waals surface area contributed by atoms with Gasteiger partial charge in [0.1, 0.15) is 5.82 Å². The first kappa shape index (κ1) is 18.4. The van der Waals surface area contributed by atoms with Crippen LogP contribution in [0, 0.1) is 6.92 Å². The molecule has 4 rings (SSSR count). The van der Waals surface area contributed by atoms with E-state index in [1.807, 2.05) is 23.8 Å². The molecule has 6 nitrogen and oxygen atoms in total. The van der Waals surface area contributed by atoms with Crippen LogP contribution >= 0.6 is 0 Å². The molecule has 0 bridgehead atoms. The maximum absolute atomic E-state index is 4.78. The van der Waals surface area contributed by atoms with Crippen LogP contribution in [0.4, 0.5) is 5.82 Å². The Morgan fingerprint density at radius 3 is 2.54 bits per heavy atom. The van der Waals surface area contributed by atoms with E-state index in [4.69, 9.17) is 5.10 Å². The van der Waals surface area contributed by atoms with Gasteiger partial charge >= 0.3 is 0 Å². The van der Waals surface area contributed by atoms with Gasteiger partial charge in [-0.25, -0.2) is 4.98 Å². The highest BCUT2D eigenvalue weighted by atomic mass is 15.3. The Bertz CT molecular complexity index is 799. The first-order valence-electron chi connectivity index (χ1n) is 9.72. The average molecular weight is 355 g/mol. The summed E-state index contributed by atoms with van der Waals surface area (Å²) in [5.41, 5.74) is 3.25. The van der Waals surface area contributed by atoms with Gasteiger partial charge in [-0.15, -0.1) is 0 Å². The van der Waals surface area contributed by atoms with Crippen molar-refractivity contribution in [3.8, 4) is 0 Å². The molecule has 1 saturated heterocycles.